The number of nitrogens with one attached hydrogen (secondary N) is 2. The Labute approximate surface area is 212 Å². The van der Waals surface area contributed by atoms with Crippen molar-refractivity contribution in [1.29, 1.82) is 0 Å². The molecule has 0 radical (unpaired) electrons. The van der Waals surface area contributed by atoms with Crippen LogP contribution in [0, 0.1) is 11.8 Å². The molecule has 1 atom stereocenters. The quantitative estimate of drug-likeness (QED) is 0.540. The Hall–Kier alpha value is -2.20. The van der Waals surface area contributed by atoms with E-state index < -0.39 is 15.9 Å². The summed E-state index contributed by atoms with van der Waals surface area (Å²) in [5.74, 6) is 0.386. The highest BCUT2D eigenvalue weighted by molar-refractivity contribution is 7.89. The van der Waals surface area contributed by atoms with Crippen LogP contribution in [0.3, 0.4) is 0 Å². The minimum atomic E-state index is -3.32. The highest BCUT2D eigenvalue weighted by Gasteiger charge is 2.31. The van der Waals surface area contributed by atoms with Crippen LogP contribution in [0.15, 0.2) is 36.5 Å². The summed E-state index contributed by atoms with van der Waals surface area (Å²) in [5.41, 5.74) is 2.69. The molecule has 2 aliphatic heterocycles. The summed E-state index contributed by atoms with van der Waals surface area (Å²) in [6.45, 7) is 4.81. The number of piperidine rings is 1. The molecular formula is C25H33ClN4O4S. The lowest BCUT2D eigenvalue weighted by Crippen LogP contribution is -2.44. The average molecular weight is 521 g/mol. The number of sulfonamides is 1. The summed E-state index contributed by atoms with van der Waals surface area (Å²) in [6, 6.07) is 9.78. The van der Waals surface area contributed by atoms with Crippen molar-refractivity contribution in [2.24, 2.45) is 11.8 Å². The lowest BCUT2D eigenvalue weighted by atomic mass is 9.98. The molecule has 0 bridgehead atoms. The topological polar surface area (TPSA) is 101 Å². The number of rotatable bonds is 8. The van der Waals surface area contributed by atoms with Crippen LogP contribution < -0.4 is 10.6 Å². The number of benzene rings is 1. The van der Waals surface area contributed by atoms with E-state index in [0.29, 0.717) is 36.1 Å². The Morgan fingerprint density at radius 1 is 1.23 bits per heavy atom. The molecule has 3 heterocycles. The smallest absolute Gasteiger partial charge is 0.229 e. The zero-order valence-corrected chi connectivity index (χ0v) is 21.6. The van der Waals surface area contributed by atoms with Crippen molar-refractivity contribution in [3.63, 3.8) is 0 Å². The van der Waals surface area contributed by atoms with Gasteiger partial charge < -0.3 is 15.4 Å². The number of ether oxygens (including phenoxy) is 1. The van der Waals surface area contributed by atoms with E-state index in [2.05, 4.69) is 15.6 Å². The van der Waals surface area contributed by atoms with Crippen LogP contribution in [0.5, 0.6) is 0 Å². The maximum Gasteiger partial charge on any atom is 0.229 e. The number of hydrogen-bond acceptors (Lipinski definition) is 6. The van der Waals surface area contributed by atoms with Gasteiger partial charge in [0.15, 0.2) is 0 Å². The third-order valence-corrected chi connectivity index (χ3v) is 8.88. The number of aromatic nitrogens is 1. The van der Waals surface area contributed by atoms with Gasteiger partial charge in [-0.1, -0.05) is 23.7 Å². The van der Waals surface area contributed by atoms with Crippen LogP contribution >= 0.6 is 11.6 Å². The second-order valence-electron chi connectivity index (χ2n) is 9.15. The van der Waals surface area contributed by atoms with Gasteiger partial charge in [-0.25, -0.2) is 17.7 Å². The van der Waals surface area contributed by atoms with E-state index >= 15 is 0 Å². The van der Waals surface area contributed by atoms with Crippen molar-refractivity contribution < 1.29 is 17.9 Å². The number of pyridine rings is 1. The van der Waals surface area contributed by atoms with E-state index in [1.165, 1.54) is 10.5 Å². The third-order valence-electron chi connectivity index (χ3n) is 6.73. The average Bonchev–Trinajstić information content (AvgIpc) is 2.89. The standard InChI is InChI=1S/C25H33ClN4O4S/c1-2-35(32,33)30-10-4-6-20(17-30)25(31)29-24-14-22(23(26)16-28-24)19-5-3-7-21(13-19)27-15-18-8-11-34-12-9-18/h3,5,7,13-14,16,18,20,27H,2,4,6,8-12,15,17H2,1H3,(H,28,29,31)/t20-/m0/s1. The van der Waals surface area contributed by atoms with Crippen LogP contribution in [0.2, 0.25) is 5.02 Å². The molecule has 1 amide bonds. The van der Waals surface area contributed by atoms with Gasteiger partial charge in [0.25, 0.3) is 0 Å². The molecule has 35 heavy (non-hydrogen) atoms. The van der Waals surface area contributed by atoms with Crippen molar-refractivity contribution in [1.82, 2.24) is 9.29 Å². The summed E-state index contributed by atoms with van der Waals surface area (Å²) >= 11 is 6.47. The molecule has 4 rings (SSSR count). The van der Waals surface area contributed by atoms with E-state index in [1.807, 2.05) is 24.3 Å². The monoisotopic (exact) mass is 520 g/mol. The van der Waals surface area contributed by atoms with Crippen molar-refractivity contribution in [2.45, 2.75) is 32.6 Å². The number of carbonyl (C=O) groups excluding carboxylic acids is 1. The molecule has 10 heteroatoms. The number of halogens is 1. The first-order valence-electron chi connectivity index (χ1n) is 12.2. The molecule has 2 fully saturated rings. The van der Waals surface area contributed by atoms with Gasteiger partial charge in [-0.2, -0.15) is 0 Å². The first-order valence-corrected chi connectivity index (χ1v) is 14.2. The molecular weight excluding hydrogens is 488 g/mol. The Kier molecular flexibility index (Phi) is 8.64. The van der Waals surface area contributed by atoms with Gasteiger partial charge in [0, 0.05) is 50.3 Å². The summed E-state index contributed by atoms with van der Waals surface area (Å²) in [6.07, 6.45) is 4.96. The summed E-state index contributed by atoms with van der Waals surface area (Å²) < 4.78 is 31.3. The SMILES string of the molecule is CCS(=O)(=O)N1CCC[C@H](C(=O)Nc2cc(-c3cccc(NCC4CCOCC4)c3)c(Cl)cn2)C1. The summed E-state index contributed by atoms with van der Waals surface area (Å²) in [7, 11) is -3.32. The molecule has 8 nitrogen and oxygen atoms in total. The lowest BCUT2D eigenvalue weighted by Gasteiger charge is -2.30. The number of anilines is 2. The Balaban J connectivity index is 1.43. The van der Waals surface area contributed by atoms with Gasteiger partial charge in [-0.05, 0) is 62.3 Å². The van der Waals surface area contributed by atoms with Gasteiger partial charge in [-0.3, -0.25) is 4.79 Å². The minimum Gasteiger partial charge on any atom is -0.385 e. The largest absolute Gasteiger partial charge is 0.385 e. The van der Waals surface area contributed by atoms with Gasteiger partial charge in [0.05, 0.1) is 16.7 Å². The van der Waals surface area contributed by atoms with Crippen LogP contribution in [0.1, 0.15) is 32.6 Å². The molecule has 1 aromatic heterocycles. The van der Waals surface area contributed by atoms with Crippen molar-refractivity contribution in [2.75, 3.05) is 49.2 Å². The van der Waals surface area contributed by atoms with Crippen LogP contribution in [0.4, 0.5) is 11.5 Å². The van der Waals surface area contributed by atoms with Gasteiger partial charge in [0.1, 0.15) is 5.82 Å². The van der Waals surface area contributed by atoms with Crippen molar-refractivity contribution in [3.8, 4) is 11.1 Å². The predicted molar refractivity (Wildman–Crippen MR) is 139 cm³/mol. The van der Waals surface area contributed by atoms with Crippen LogP contribution in [0.25, 0.3) is 11.1 Å². The molecule has 190 valence electrons. The molecule has 2 aliphatic rings. The van der Waals surface area contributed by atoms with E-state index in [0.717, 1.165) is 49.4 Å². The van der Waals surface area contributed by atoms with E-state index in [1.54, 1.807) is 13.0 Å². The molecule has 0 aliphatic carbocycles. The van der Waals surface area contributed by atoms with Crippen molar-refractivity contribution >= 4 is 39.0 Å². The molecule has 2 N–H and O–H groups in total. The van der Waals surface area contributed by atoms with Gasteiger partial charge in [0.2, 0.25) is 15.9 Å². The van der Waals surface area contributed by atoms with E-state index in [-0.39, 0.29) is 18.2 Å². The highest BCUT2D eigenvalue weighted by atomic mass is 35.5. The second kappa shape index (κ2) is 11.7. The molecule has 1 aromatic carbocycles. The van der Waals surface area contributed by atoms with Crippen LogP contribution in [-0.4, -0.2) is 62.2 Å². The first kappa shape index (κ1) is 25.9. The lowest BCUT2D eigenvalue weighted by molar-refractivity contribution is -0.120. The fraction of sp³-hybridized carbons (Fsp3) is 0.520. The number of amides is 1. The third kappa shape index (κ3) is 6.73. The molecule has 0 saturated carbocycles. The van der Waals surface area contributed by atoms with Gasteiger partial charge >= 0.3 is 0 Å². The maximum absolute atomic E-state index is 12.9. The van der Waals surface area contributed by atoms with Gasteiger partial charge in [-0.15, -0.1) is 0 Å². The van der Waals surface area contributed by atoms with E-state index in [4.69, 9.17) is 16.3 Å². The molecule has 2 saturated heterocycles. The normalized spacial score (nSPS) is 19.9. The zero-order chi connectivity index (χ0) is 24.8. The number of nitrogens with zero attached hydrogens (tertiary/aromatic N) is 2. The summed E-state index contributed by atoms with van der Waals surface area (Å²) in [4.78, 5) is 17.2. The second-order valence-corrected chi connectivity index (χ2v) is 11.8. The fourth-order valence-electron chi connectivity index (χ4n) is 4.56. The first-order chi connectivity index (χ1) is 16.9. The highest BCUT2D eigenvalue weighted by Crippen LogP contribution is 2.31. The predicted octanol–water partition coefficient (Wildman–Crippen LogP) is 4.24. The molecule has 0 spiro atoms. The van der Waals surface area contributed by atoms with Crippen LogP contribution in [-0.2, 0) is 19.6 Å². The number of carbonyl (C=O) groups is 1. The maximum atomic E-state index is 12.9. The Bertz CT molecular complexity index is 1140. The fourth-order valence-corrected chi connectivity index (χ4v) is 5.95. The van der Waals surface area contributed by atoms with Crippen molar-refractivity contribution in [3.05, 3.63) is 41.6 Å². The molecule has 0 unspecified atom stereocenters. The summed E-state index contributed by atoms with van der Waals surface area (Å²) in [5, 5.41) is 6.87. The zero-order valence-electron chi connectivity index (χ0n) is 20.0. The van der Waals surface area contributed by atoms with E-state index in [9.17, 15) is 13.2 Å². The minimum absolute atomic E-state index is 0.0342. The Morgan fingerprint density at radius 2 is 2.03 bits per heavy atom. The Morgan fingerprint density at radius 3 is 2.80 bits per heavy atom. The number of hydrogen-bond donors (Lipinski definition) is 2. The molecule has 2 aromatic rings.